The maximum absolute atomic E-state index is 5.94. The van der Waals surface area contributed by atoms with Gasteiger partial charge in [-0.3, -0.25) is 0 Å². The molecule has 1 fully saturated rings. The largest absolute Gasteiger partial charge is 0.350 e. The van der Waals surface area contributed by atoms with Crippen LogP contribution < -0.4 is 11.1 Å². The molecule has 2 rings (SSSR count). The predicted molar refractivity (Wildman–Crippen MR) is 56.0 cm³/mol. The van der Waals surface area contributed by atoms with E-state index in [4.69, 9.17) is 5.73 Å². The molecule has 0 amide bonds. The SMILES string of the molecule is Cc1cnc(NC2CCCC2N)nc1. The van der Waals surface area contributed by atoms with Crippen molar-refractivity contribution in [3.63, 3.8) is 0 Å². The molecule has 2 unspecified atom stereocenters. The van der Waals surface area contributed by atoms with Crippen molar-refractivity contribution in [3.05, 3.63) is 18.0 Å². The average molecular weight is 192 g/mol. The summed E-state index contributed by atoms with van der Waals surface area (Å²) in [7, 11) is 0. The lowest BCUT2D eigenvalue weighted by atomic mass is 10.2. The van der Waals surface area contributed by atoms with Crippen molar-refractivity contribution in [1.29, 1.82) is 0 Å². The van der Waals surface area contributed by atoms with Crippen LogP contribution in [0.1, 0.15) is 24.8 Å². The van der Waals surface area contributed by atoms with Crippen LogP contribution in [-0.2, 0) is 0 Å². The number of hydrogen-bond acceptors (Lipinski definition) is 4. The van der Waals surface area contributed by atoms with Crippen LogP contribution in [0.25, 0.3) is 0 Å². The fourth-order valence-corrected chi connectivity index (χ4v) is 1.80. The van der Waals surface area contributed by atoms with Crippen LogP contribution in [0.3, 0.4) is 0 Å². The van der Waals surface area contributed by atoms with Crippen LogP contribution >= 0.6 is 0 Å². The first-order chi connectivity index (χ1) is 6.75. The molecule has 0 spiro atoms. The number of nitrogens with one attached hydrogen (secondary N) is 1. The van der Waals surface area contributed by atoms with E-state index in [0.717, 1.165) is 18.4 Å². The summed E-state index contributed by atoms with van der Waals surface area (Å²) in [5.41, 5.74) is 7.01. The molecule has 1 saturated carbocycles. The van der Waals surface area contributed by atoms with Crippen LogP contribution in [0.15, 0.2) is 12.4 Å². The molecule has 0 radical (unpaired) electrons. The highest BCUT2D eigenvalue weighted by Crippen LogP contribution is 2.19. The Kier molecular flexibility index (Phi) is 2.63. The third-order valence-corrected chi connectivity index (χ3v) is 2.66. The Hall–Kier alpha value is -1.16. The topological polar surface area (TPSA) is 63.8 Å². The van der Waals surface area contributed by atoms with E-state index in [-0.39, 0.29) is 6.04 Å². The number of hydrogen-bond donors (Lipinski definition) is 2. The maximum atomic E-state index is 5.94. The van der Waals surface area contributed by atoms with Crippen molar-refractivity contribution >= 4 is 5.95 Å². The number of nitrogens with two attached hydrogens (primary N) is 1. The van der Waals surface area contributed by atoms with Gasteiger partial charge in [-0.2, -0.15) is 0 Å². The summed E-state index contributed by atoms with van der Waals surface area (Å²) in [6.07, 6.45) is 7.05. The molecule has 1 aromatic rings. The fourth-order valence-electron chi connectivity index (χ4n) is 1.80. The number of anilines is 1. The van der Waals surface area contributed by atoms with Crippen LogP contribution in [-0.4, -0.2) is 22.1 Å². The molecule has 4 heteroatoms. The summed E-state index contributed by atoms with van der Waals surface area (Å²) < 4.78 is 0. The molecule has 0 saturated heterocycles. The van der Waals surface area contributed by atoms with Gasteiger partial charge >= 0.3 is 0 Å². The molecule has 0 aromatic carbocycles. The minimum atomic E-state index is 0.250. The van der Waals surface area contributed by atoms with Gasteiger partial charge in [0.2, 0.25) is 5.95 Å². The van der Waals surface area contributed by atoms with Crippen molar-refractivity contribution in [2.24, 2.45) is 5.73 Å². The van der Waals surface area contributed by atoms with E-state index in [1.54, 1.807) is 0 Å². The van der Waals surface area contributed by atoms with Gasteiger partial charge in [0.05, 0.1) is 0 Å². The number of aromatic nitrogens is 2. The fraction of sp³-hybridized carbons (Fsp3) is 0.600. The van der Waals surface area contributed by atoms with E-state index in [1.165, 1.54) is 6.42 Å². The lowest BCUT2D eigenvalue weighted by Crippen LogP contribution is -2.35. The van der Waals surface area contributed by atoms with Crippen molar-refractivity contribution in [2.75, 3.05) is 5.32 Å². The Bertz CT molecular complexity index is 295. The zero-order chi connectivity index (χ0) is 9.97. The quantitative estimate of drug-likeness (QED) is 0.736. The molecule has 14 heavy (non-hydrogen) atoms. The zero-order valence-corrected chi connectivity index (χ0v) is 8.40. The molecule has 0 aliphatic heterocycles. The summed E-state index contributed by atoms with van der Waals surface area (Å²) >= 11 is 0. The van der Waals surface area contributed by atoms with Crippen molar-refractivity contribution in [1.82, 2.24) is 9.97 Å². The van der Waals surface area contributed by atoms with Gasteiger partial charge < -0.3 is 11.1 Å². The molecule has 2 atom stereocenters. The summed E-state index contributed by atoms with van der Waals surface area (Å²) in [4.78, 5) is 8.40. The van der Waals surface area contributed by atoms with Gasteiger partial charge in [0.15, 0.2) is 0 Å². The molecule has 1 heterocycles. The molecule has 1 aromatic heterocycles. The second-order valence-electron chi connectivity index (χ2n) is 3.93. The minimum Gasteiger partial charge on any atom is -0.350 e. The normalized spacial score (nSPS) is 26.4. The molecule has 76 valence electrons. The lowest BCUT2D eigenvalue weighted by molar-refractivity contribution is 0.632. The molecule has 1 aliphatic rings. The third-order valence-electron chi connectivity index (χ3n) is 2.66. The van der Waals surface area contributed by atoms with Gasteiger partial charge in [0.1, 0.15) is 0 Å². The highest BCUT2D eigenvalue weighted by molar-refractivity contribution is 5.27. The molecule has 1 aliphatic carbocycles. The predicted octanol–water partition coefficient (Wildman–Crippen LogP) is 1.08. The Morgan fingerprint density at radius 2 is 2.07 bits per heavy atom. The van der Waals surface area contributed by atoms with E-state index in [1.807, 2.05) is 19.3 Å². The number of aryl methyl sites for hydroxylation is 1. The van der Waals surface area contributed by atoms with Crippen LogP contribution in [0.4, 0.5) is 5.95 Å². The van der Waals surface area contributed by atoms with E-state index >= 15 is 0 Å². The number of rotatable bonds is 2. The molecule has 4 nitrogen and oxygen atoms in total. The molecular weight excluding hydrogens is 176 g/mol. The third kappa shape index (κ3) is 2.01. The smallest absolute Gasteiger partial charge is 0.222 e. The second-order valence-corrected chi connectivity index (χ2v) is 3.93. The zero-order valence-electron chi connectivity index (χ0n) is 8.40. The average Bonchev–Trinajstić information content (AvgIpc) is 2.56. The van der Waals surface area contributed by atoms with E-state index in [0.29, 0.717) is 12.0 Å². The second kappa shape index (κ2) is 3.92. The van der Waals surface area contributed by atoms with Gasteiger partial charge in [0, 0.05) is 24.5 Å². The first-order valence-electron chi connectivity index (χ1n) is 5.06. The van der Waals surface area contributed by atoms with Crippen LogP contribution in [0.5, 0.6) is 0 Å². The molecule has 3 N–H and O–H groups in total. The van der Waals surface area contributed by atoms with Gasteiger partial charge in [-0.25, -0.2) is 9.97 Å². The standard InChI is InChI=1S/C10H16N4/c1-7-5-12-10(13-6-7)14-9-4-2-3-8(9)11/h5-6,8-9H,2-4,11H2,1H3,(H,12,13,14). The highest BCUT2D eigenvalue weighted by Gasteiger charge is 2.23. The molecule has 0 bridgehead atoms. The lowest BCUT2D eigenvalue weighted by Gasteiger charge is -2.16. The first kappa shape index (κ1) is 9.40. The van der Waals surface area contributed by atoms with Crippen LogP contribution in [0, 0.1) is 6.92 Å². The van der Waals surface area contributed by atoms with Crippen molar-refractivity contribution in [2.45, 2.75) is 38.3 Å². The Morgan fingerprint density at radius 3 is 2.64 bits per heavy atom. The van der Waals surface area contributed by atoms with Crippen molar-refractivity contribution in [3.8, 4) is 0 Å². The Labute approximate surface area is 83.9 Å². The summed E-state index contributed by atoms with van der Waals surface area (Å²) in [5, 5.41) is 3.27. The Morgan fingerprint density at radius 1 is 1.36 bits per heavy atom. The Balaban J connectivity index is 2.00. The van der Waals surface area contributed by atoms with Gasteiger partial charge in [-0.05, 0) is 31.7 Å². The maximum Gasteiger partial charge on any atom is 0.222 e. The number of nitrogens with zero attached hydrogens (tertiary/aromatic N) is 2. The van der Waals surface area contributed by atoms with E-state index < -0.39 is 0 Å². The first-order valence-corrected chi connectivity index (χ1v) is 5.06. The highest BCUT2D eigenvalue weighted by atomic mass is 15.1. The molecular formula is C10H16N4. The summed E-state index contributed by atoms with van der Waals surface area (Å²) in [5.74, 6) is 0.693. The monoisotopic (exact) mass is 192 g/mol. The summed E-state index contributed by atoms with van der Waals surface area (Å²) in [6, 6.07) is 0.595. The van der Waals surface area contributed by atoms with Crippen molar-refractivity contribution < 1.29 is 0 Å². The van der Waals surface area contributed by atoms with E-state index in [2.05, 4.69) is 15.3 Å². The van der Waals surface area contributed by atoms with Gasteiger partial charge in [-0.1, -0.05) is 0 Å². The van der Waals surface area contributed by atoms with Gasteiger partial charge in [0.25, 0.3) is 0 Å². The van der Waals surface area contributed by atoms with E-state index in [9.17, 15) is 0 Å². The minimum absolute atomic E-state index is 0.250. The summed E-state index contributed by atoms with van der Waals surface area (Å²) in [6.45, 7) is 1.98. The van der Waals surface area contributed by atoms with Gasteiger partial charge in [-0.15, -0.1) is 0 Å². The van der Waals surface area contributed by atoms with Crippen LogP contribution in [0.2, 0.25) is 0 Å².